The molecule has 0 atom stereocenters. The maximum Gasteiger partial charge on any atom is 0.259 e. The molecule has 0 aromatic heterocycles. The summed E-state index contributed by atoms with van der Waals surface area (Å²) >= 11 is 0. The third-order valence-electron chi connectivity index (χ3n) is 4.42. The number of hydrogen-bond acceptors (Lipinski definition) is 5. The SMILES string of the molecule is O=C(Nc1ccc(C(=O)NC2CC2)cc1)C1=CC=CN2CCS(=O)(=O)N=C12. The summed E-state index contributed by atoms with van der Waals surface area (Å²) in [6, 6.07) is 6.82. The average molecular weight is 386 g/mol. The van der Waals surface area contributed by atoms with Crippen molar-refractivity contribution in [1.82, 2.24) is 10.2 Å². The van der Waals surface area contributed by atoms with Crippen LogP contribution in [0.1, 0.15) is 23.2 Å². The largest absolute Gasteiger partial charge is 0.349 e. The Balaban J connectivity index is 1.48. The Labute approximate surface area is 156 Å². The number of sulfonamides is 1. The lowest BCUT2D eigenvalue weighted by molar-refractivity contribution is -0.112. The van der Waals surface area contributed by atoms with E-state index in [9.17, 15) is 18.0 Å². The minimum absolute atomic E-state index is 0.0832. The van der Waals surface area contributed by atoms with Gasteiger partial charge in [0.15, 0.2) is 5.84 Å². The van der Waals surface area contributed by atoms with Crippen molar-refractivity contribution < 1.29 is 18.0 Å². The summed E-state index contributed by atoms with van der Waals surface area (Å²) < 4.78 is 27.3. The molecule has 8 nitrogen and oxygen atoms in total. The minimum Gasteiger partial charge on any atom is -0.349 e. The first kappa shape index (κ1) is 17.5. The zero-order valence-corrected chi connectivity index (χ0v) is 15.2. The van der Waals surface area contributed by atoms with Gasteiger partial charge in [-0.3, -0.25) is 9.59 Å². The Morgan fingerprint density at radius 2 is 1.85 bits per heavy atom. The fourth-order valence-electron chi connectivity index (χ4n) is 2.79. The van der Waals surface area contributed by atoms with E-state index in [0.717, 1.165) is 12.8 Å². The van der Waals surface area contributed by atoms with Gasteiger partial charge in [-0.15, -0.1) is 4.40 Å². The van der Waals surface area contributed by atoms with Gasteiger partial charge in [-0.2, -0.15) is 0 Å². The second-order valence-electron chi connectivity index (χ2n) is 6.60. The lowest BCUT2D eigenvalue weighted by atomic mass is 10.1. The molecule has 0 radical (unpaired) electrons. The second kappa shape index (κ2) is 6.66. The highest BCUT2D eigenvalue weighted by Gasteiger charge is 2.30. The molecule has 140 valence electrons. The van der Waals surface area contributed by atoms with Crippen molar-refractivity contribution in [1.29, 1.82) is 0 Å². The van der Waals surface area contributed by atoms with Crippen LogP contribution in [-0.4, -0.2) is 49.3 Å². The molecular formula is C18H18N4O4S. The first-order chi connectivity index (χ1) is 12.9. The normalized spacial score (nSPS) is 20.2. The first-order valence-electron chi connectivity index (χ1n) is 8.62. The molecule has 27 heavy (non-hydrogen) atoms. The molecule has 0 bridgehead atoms. The lowest BCUT2D eigenvalue weighted by Crippen LogP contribution is -2.40. The number of fused-ring (bicyclic) bond motifs is 1. The van der Waals surface area contributed by atoms with E-state index in [2.05, 4.69) is 15.0 Å². The number of anilines is 1. The summed E-state index contributed by atoms with van der Waals surface area (Å²) in [5.41, 5.74) is 1.20. The van der Waals surface area contributed by atoms with Gasteiger partial charge >= 0.3 is 0 Å². The number of benzene rings is 1. The van der Waals surface area contributed by atoms with E-state index < -0.39 is 15.9 Å². The van der Waals surface area contributed by atoms with E-state index >= 15 is 0 Å². The third-order valence-corrected chi connectivity index (χ3v) is 5.57. The summed E-state index contributed by atoms with van der Waals surface area (Å²) in [6.45, 7) is 0.257. The molecule has 2 amide bonds. The predicted molar refractivity (Wildman–Crippen MR) is 101 cm³/mol. The zero-order chi connectivity index (χ0) is 19.0. The smallest absolute Gasteiger partial charge is 0.259 e. The molecule has 4 rings (SSSR count). The minimum atomic E-state index is -3.57. The van der Waals surface area contributed by atoms with Crippen molar-refractivity contribution in [3.05, 3.63) is 53.8 Å². The Morgan fingerprint density at radius 1 is 1.11 bits per heavy atom. The van der Waals surface area contributed by atoms with Crippen LogP contribution in [0.2, 0.25) is 0 Å². The van der Waals surface area contributed by atoms with Crippen LogP contribution in [0.25, 0.3) is 0 Å². The van der Waals surface area contributed by atoms with Crippen LogP contribution < -0.4 is 10.6 Å². The number of rotatable bonds is 4. The van der Waals surface area contributed by atoms with Gasteiger partial charge in [-0.25, -0.2) is 8.42 Å². The summed E-state index contributed by atoms with van der Waals surface area (Å²) in [5.74, 6) is -0.551. The maximum absolute atomic E-state index is 12.6. The van der Waals surface area contributed by atoms with E-state index in [1.807, 2.05) is 0 Å². The molecule has 1 aromatic carbocycles. The summed E-state index contributed by atoms with van der Waals surface area (Å²) in [6.07, 6.45) is 6.93. The van der Waals surface area contributed by atoms with Gasteiger partial charge in [0, 0.05) is 30.0 Å². The van der Waals surface area contributed by atoms with E-state index in [4.69, 9.17) is 0 Å². The van der Waals surface area contributed by atoms with Crippen LogP contribution in [0.15, 0.2) is 52.6 Å². The number of amidine groups is 1. The fraction of sp³-hybridized carbons (Fsp3) is 0.278. The highest BCUT2D eigenvalue weighted by Crippen LogP contribution is 2.21. The summed E-state index contributed by atoms with van der Waals surface area (Å²) in [5, 5.41) is 5.62. The molecule has 3 aliphatic rings. The molecule has 0 saturated heterocycles. The van der Waals surface area contributed by atoms with Crippen LogP contribution in [0.4, 0.5) is 5.69 Å². The quantitative estimate of drug-likeness (QED) is 0.803. The predicted octanol–water partition coefficient (Wildman–Crippen LogP) is 1.01. The van der Waals surface area contributed by atoms with Gasteiger partial charge in [0.05, 0.1) is 11.3 Å². The first-order valence-corrected chi connectivity index (χ1v) is 10.2. The van der Waals surface area contributed by atoms with Crippen LogP contribution in [0.3, 0.4) is 0 Å². The number of nitrogens with zero attached hydrogens (tertiary/aromatic N) is 2. The van der Waals surface area contributed by atoms with Crippen LogP contribution >= 0.6 is 0 Å². The number of hydrogen-bond donors (Lipinski definition) is 2. The van der Waals surface area contributed by atoms with Crippen LogP contribution in [0, 0.1) is 0 Å². The van der Waals surface area contributed by atoms with Gasteiger partial charge in [0.1, 0.15) is 0 Å². The summed E-state index contributed by atoms with van der Waals surface area (Å²) in [4.78, 5) is 26.3. The topological polar surface area (TPSA) is 108 Å². The molecule has 1 fully saturated rings. The van der Waals surface area contributed by atoms with Gasteiger partial charge in [-0.1, -0.05) is 0 Å². The summed E-state index contributed by atoms with van der Waals surface area (Å²) in [7, 11) is -3.57. The van der Waals surface area contributed by atoms with Crippen molar-refractivity contribution in [2.24, 2.45) is 4.40 Å². The Morgan fingerprint density at radius 3 is 2.56 bits per heavy atom. The molecule has 1 aliphatic carbocycles. The Hall–Kier alpha value is -2.94. The van der Waals surface area contributed by atoms with Gasteiger partial charge in [0.2, 0.25) is 0 Å². The molecule has 1 aromatic rings. The van der Waals surface area contributed by atoms with Gasteiger partial charge < -0.3 is 15.5 Å². The molecule has 0 spiro atoms. The molecule has 2 heterocycles. The van der Waals surface area contributed by atoms with Crippen LogP contribution in [-0.2, 0) is 14.8 Å². The number of carbonyl (C=O) groups is 2. The van der Waals surface area contributed by atoms with Crippen molar-refractivity contribution in [3.63, 3.8) is 0 Å². The number of nitrogens with one attached hydrogen (secondary N) is 2. The molecular weight excluding hydrogens is 368 g/mol. The Kier molecular flexibility index (Phi) is 4.31. The van der Waals surface area contributed by atoms with E-state index in [1.54, 1.807) is 41.4 Å². The molecule has 1 saturated carbocycles. The fourth-order valence-corrected chi connectivity index (χ4v) is 3.78. The molecule has 2 N–H and O–H groups in total. The monoisotopic (exact) mass is 386 g/mol. The average Bonchev–Trinajstić information content (AvgIpc) is 3.45. The number of allylic oxidation sites excluding steroid dienone is 2. The number of amides is 2. The molecule has 2 aliphatic heterocycles. The van der Waals surface area contributed by atoms with Crippen molar-refractivity contribution in [2.75, 3.05) is 17.6 Å². The van der Waals surface area contributed by atoms with Crippen molar-refractivity contribution >= 4 is 33.4 Å². The van der Waals surface area contributed by atoms with E-state index in [1.165, 1.54) is 6.08 Å². The van der Waals surface area contributed by atoms with Crippen molar-refractivity contribution in [2.45, 2.75) is 18.9 Å². The Bertz CT molecular complexity index is 989. The molecule has 0 unspecified atom stereocenters. The lowest BCUT2D eigenvalue weighted by Gasteiger charge is -2.28. The highest BCUT2D eigenvalue weighted by atomic mass is 32.2. The highest BCUT2D eigenvalue weighted by molar-refractivity contribution is 7.90. The standard InChI is InChI=1S/C18H18N4O4S/c23-17(19-14-7-8-14)12-3-5-13(6-4-12)20-18(24)15-2-1-9-22-10-11-27(25,26)21-16(15)22/h1-6,9,14H,7-8,10-11H2,(H,19,23)(H,20,24). The second-order valence-corrected chi connectivity index (χ2v) is 8.35. The van der Waals surface area contributed by atoms with Crippen molar-refractivity contribution in [3.8, 4) is 0 Å². The zero-order valence-electron chi connectivity index (χ0n) is 14.4. The number of carbonyl (C=O) groups excluding carboxylic acids is 2. The molecule has 9 heteroatoms. The third kappa shape index (κ3) is 3.92. The van der Waals surface area contributed by atoms with Gasteiger partial charge in [-0.05, 0) is 49.3 Å². The van der Waals surface area contributed by atoms with Crippen LogP contribution in [0.5, 0.6) is 0 Å². The van der Waals surface area contributed by atoms with E-state index in [0.29, 0.717) is 11.3 Å². The van der Waals surface area contributed by atoms with E-state index in [-0.39, 0.29) is 35.7 Å². The van der Waals surface area contributed by atoms with Gasteiger partial charge in [0.25, 0.3) is 21.8 Å². The maximum atomic E-state index is 12.6.